The average Bonchev–Trinajstić information content (AvgIpc) is 2.38. The number of hydrogen-bond acceptors (Lipinski definition) is 3. The minimum Gasteiger partial charge on any atom is -0.303 e. The molecule has 0 bridgehead atoms. The second kappa shape index (κ2) is 8.90. The van der Waals surface area contributed by atoms with Gasteiger partial charge in [0.2, 0.25) is 0 Å². The number of nitrogens with one attached hydrogen (secondary N) is 1. The second-order valence-electron chi connectivity index (χ2n) is 5.34. The predicted molar refractivity (Wildman–Crippen MR) is 75.0 cm³/mol. The van der Waals surface area contributed by atoms with Crippen molar-refractivity contribution in [2.24, 2.45) is 0 Å². The van der Waals surface area contributed by atoms with Gasteiger partial charge in [-0.25, -0.2) is 5.01 Å². The Labute approximate surface area is 108 Å². The number of hydrazine groups is 1. The van der Waals surface area contributed by atoms with Crippen molar-refractivity contribution < 1.29 is 0 Å². The van der Waals surface area contributed by atoms with E-state index in [0.717, 1.165) is 6.04 Å². The zero-order valence-corrected chi connectivity index (χ0v) is 12.0. The maximum Gasteiger partial charge on any atom is 0.0145 e. The highest BCUT2D eigenvalue weighted by Crippen LogP contribution is 2.14. The van der Waals surface area contributed by atoms with Gasteiger partial charge in [0.25, 0.3) is 0 Å². The molecule has 1 aliphatic rings. The van der Waals surface area contributed by atoms with E-state index in [0.29, 0.717) is 0 Å². The van der Waals surface area contributed by atoms with Crippen molar-refractivity contribution in [3.8, 4) is 0 Å². The zero-order valence-electron chi connectivity index (χ0n) is 12.0. The summed E-state index contributed by atoms with van der Waals surface area (Å²) in [5, 5.41) is 2.32. The van der Waals surface area contributed by atoms with Crippen LogP contribution in [0.4, 0.5) is 0 Å². The molecule has 1 rings (SSSR count). The SMILES string of the molecule is CCCCCCCN(C)C1CCN(NC)CC1. The number of rotatable bonds is 8. The molecule has 102 valence electrons. The van der Waals surface area contributed by atoms with Crippen molar-refractivity contribution in [1.29, 1.82) is 0 Å². The lowest BCUT2D eigenvalue weighted by molar-refractivity contribution is 0.0985. The second-order valence-corrected chi connectivity index (χ2v) is 5.34. The summed E-state index contributed by atoms with van der Waals surface area (Å²) in [5.41, 5.74) is 3.24. The van der Waals surface area contributed by atoms with Gasteiger partial charge in [-0.2, -0.15) is 0 Å². The molecule has 0 amide bonds. The van der Waals surface area contributed by atoms with Gasteiger partial charge >= 0.3 is 0 Å². The number of nitrogens with zero attached hydrogens (tertiary/aromatic N) is 2. The van der Waals surface area contributed by atoms with Crippen LogP contribution in [0.25, 0.3) is 0 Å². The molecule has 1 saturated heterocycles. The first kappa shape index (κ1) is 14.9. The highest BCUT2D eigenvalue weighted by atomic mass is 15.5. The molecule has 3 heteroatoms. The van der Waals surface area contributed by atoms with Crippen LogP contribution in [0.1, 0.15) is 51.9 Å². The average molecular weight is 241 g/mol. The van der Waals surface area contributed by atoms with Crippen LogP contribution in [0, 0.1) is 0 Å². The molecular weight excluding hydrogens is 210 g/mol. The van der Waals surface area contributed by atoms with Gasteiger partial charge in [0, 0.05) is 19.1 Å². The van der Waals surface area contributed by atoms with Gasteiger partial charge in [0.15, 0.2) is 0 Å². The molecule has 0 atom stereocenters. The van der Waals surface area contributed by atoms with E-state index >= 15 is 0 Å². The standard InChI is InChI=1S/C14H31N3/c1-4-5-6-7-8-11-16(3)14-9-12-17(15-2)13-10-14/h14-15H,4-13H2,1-3H3. The van der Waals surface area contributed by atoms with Gasteiger partial charge in [0.1, 0.15) is 0 Å². The van der Waals surface area contributed by atoms with E-state index in [1.165, 1.54) is 64.6 Å². The Hall–Kier alpha value is -0.120. The molecule has 1 fully saturated rings. The molecule has 0 aliphatic carbocycles. The maximum absolute atomic E-state index is 3.24. The Bertz CT molecular complexity index is 176. The first-order valence-electron chi connectivity index (χ1n) is 7.40. The summed E-state index contributed by atoms with van der Waals surface area (Å²) in [6, 6.07) is 0.811. The summed E-state index contributed by atoms with van der Waals surface area (Å²) >= 11 is 0. The minimum atomic E-state index is 0.811. The monoisotopic (exact) mass is 241 g/mol. The Morgan fingerprint density at radius 2 is 1.76 bits per heavy atom. The molecule has 0 aromatic carbocycles. The van der Waals surface area contributed by atoms with Crippen molar-refractivity contribution in [2.45, 2.75) is 57.9 Å². The maximum atomic E-state index is 3.24. The Morgan fingerprint density at radius 1 is 1.12 bits per heavy atom. The van der Waals surface area contributed by atoms with Gasteiger partial charge in [0.05, 0.1) is 0 Å². The number of unbranched alkanes of at least 4 members (excludes halogenated alkanes) is 4. The molecule has 0 saturated carbocycles. The topological polar surface area (TPSA) is 18.5 Å². The van der Waals surface area contributed by atoms with Gasteiger partial charge in [-0.15, -0.1) is 0 Å². The summed E-state index contributed by atoms with van der Waals surface area (Å²) < 4.78 is 0. The Morgan fingerprint density at radius 3 is 2.35 bits per heavy atom. The van der Waals surface area contributed by atoms with Gasteiger partial charge in [-0.3, -0.25) is 5.43 Å². The highest BCUT2D eigenvalue weighted by molar-refractivity contribution is 4.76. The lowest BCUT2D eigenvalue weighted by Gasteiger charge is -2.36. The zero-order chi connectivity index (χ0) is 12.5. The molecule has 0 spiro atoms. The van der Waals surface area contributed by atoms with E-state index in [1.54, 1.807) is 0 Å². The van der Waals surface area contributed by atoms with E-state index in [4.69, 9.17) is 0 Å². The van der Waals surface area contributed by atoms with Crippen LogP contribution in [0.3, 0.4) is 0 Å². The quantitative estimate of drug-likeness (QED) is 0.659. The molecular formula is C14H31N3. The first-order chi connectivity index (χ1) is 8.27. The fraction of sp³-hybridized carbons (Fsp3) is 1.00. The van der Waals surface area contributed by atoms with Crippen molar-refractivity contribution >= 4 is 0 Å². The third-order valence-corrected chi connectivity index (χ3v) is 4.02. The predicted octanol–water partition coefficient (Wildman–Crippen LogP) is 2.49. The minimum absolute atomic E-state index is 0.811. The molecule has 0 aromatic heterocycles. The summed E-state index contributed by atoms with van der Waals surface area (Å²) in [4.78, 5) is 2.58. The lowest BCUT2D eigenvalue weighted by atomic mass is 10.0. The fourth-order valence-corrected chi connectivity index (χ4v) is 2.68. The molecule has 0 aromatic rings. The molecule has 1 N–H and O–H groups in total. The molecule has 17 heavy (non-hydrogen) atoms. The van der Waals surface area contributed by atoms with Crippen LogP contribution < -0.4 is 5.43 Å². The Kier molecular flexibility index (Phi) is 7.82. The van der Waals surface area contributed by atoms with Crippen LogP contribution in [-0.2, 0) is 0 Å². The number of hydrogen-bond donors (Lipinski definition) is 1. The third kappa shape index (κ3) is 5.84. The van der Waals surface area contributed by atoms with Crippen molar-refractivity contribution in [3.05, 3.63) is 0 Å². The van der Waals surface area contributed by atoms with Crippen LogP contribution in [-0.4, -0.2) is 49.7 Å². The lowest BCUT2D eigenvalue weighted by Crippen LogP contribution is -2.47. The van der Waals surface area contributed by atoms with Crippen LogP contribution in [0.15, 0.2) is 0 Å². The third-order valence-electron chi connectivity index (χ3n) is 4.02. The molecule has 0 unspecified atom stereocenters. The Balaban J connectivity index is 2.05. The van der Waals surface area contributed by atoms with E-state index in [-0.39, 0.29) is 0 Å². The summed E-state index contributed by atoms with van der Waals surface area (Å²) in [5.74, 6) is 0. The van der Waals surface area contributed by atoms with Crippen molar-refractivity contribution in [1.82, 2.24) is 15.3 Å². The largest absolute Gasteiger partial charge is 0.303 e. The molecule has 1 aliphatic heterocycles. The van der Waals surface area contributed by atoms with E-state index in [2.05, 4.69) is 29.3 Å². The first-order valence-corrected chi connectivity index (χ1v) is 7.40. The van der Waals surface area contributed by atoms with Gasteiger partial charge in [-0.1, -0.05) is 32.6 Å². The summed E-state index contributed by atoms with van der Waals surface area (Å²) in [6.07, 6.45) is 9.58. The molecule has 0 radical (unpaired) electrons. The van der Waals surface area contributed by atoms with Crippen LogP contribution in [0.2, 0.25) is 0 Å². The van der Waals surface area contributed by atoms with E-state index in [9.17, 15) is 0 Å². The normalized spacial score (nSPS) is 19.1. The van der Waals surface area contributed by atoms with Crippen molar-refractivity contribution in [3.63, 3.8) is 0 Å². The van der Waals surface area contributed by atoms with E-state index in [1.807, 2.05) is 7.05 Å². The molecule has 3 nitrogen and oxygen atoms in total. The summed E-state index contributed by atoms with van der Waals surface area (Å²) in [6.45, 7) is 5.96. The number of piperidine rings is 1. The smallest absolute Gasteiger partial charge is 0.0145 e. The fourth-order valence-electron chi connectivity index (χ4n) is 2.68. The van der Waals surface area contributed by atoms with Gasteiger partial charge in [-0.05, 0) is 39.9 Å². The van der Waals surface area contributed by atoms with Crippen LogP contribution >= 0.6 is 0 Å². The van der Waals surface area contributed by atoms with Crippen LogP contribution in [0.5, 0.6) is 0 Å². The highest BCUT2D eigenvalue weighted by Gasteiger charge is 2.20. The molecule has 1 heterocycles. The van der Waals surface area contributed by atoms with E-state index < -0.39 is 0 Å². The summed E-state index contributed by atoms with van der Waals surface area (Å²) in [7, 11) is 4.33. The van der Waals surface area contributed by atoms with Crippen molar-refractivity contribution in [2.75, 3.05) is 33.7 Å². The van der Waals surface area contributed by atoms with Gasteiger partial charge < -0.3 is 4.90 Å².